The number of hydrogen-bond acceptors (Lipinski definition) is 8. The van der Waals surface area contributed by atoms with Gasteiger partial charge in [-0.3, -0.25) is 28.8 Å². The molecule has 6 N–H and O–H groups in total. The van der Waals surface area contributed by atoms with Crippen molar-refractivity contribution in [2.24, 2.45) is 5.73 Å². The topological polar surface area (TPSA) is 193 Å². The number of carboxylic acids is 2. The lowest BCUT2D eigenvalue weighted by Crippen LogP contribution is -2.54. The molecule has 163 valence electrons. The molecule has 3 atom stereocenters. The summed E-state index contributed by atoms with van der Waals surface area (Å²) in [6.07, 6.45) is 1.78. The fourth-order valence-corrected chi connectivity index (χ4v) is 2.71. The number of carbonyl (C=O) groups is 5. The second-order valence-electron chi connectivity index (χ2n) is 6.16. The number of carboxylic acid groups (broad SMARTS) is 2. The minimum absolute atomic E-state index is 0.168. The van der Waals surface area contributed by atoms with Crippen LogP contribution in [-0.4, -0.2) is 76.2 Å². The fraction of sp³-hybridized carbons (Fsp3) is 0.647. The quantitative estimate of drug-likeness (QED) is 0.186. The Kier molecular flexibility index (Phi) is 13.3. The van der Waals surface area contributed by atoms with Crippen molar-refractivity contribution >= 4 is 47.6 Å². The van der Waals surface area contributed by atoms with Crippen LogP contribution < -0.4 is 16.4 Å². The van der Waals surface area contributed by atoms with Gasteiger partial charge in [0.25, 0.3) is 0 Å². The van der Waals surface area contributed by atoms with E-state index < -0.39 is 60.5 Å². The molecule has 0 aromatic rings. The highest BCUT2D eigenvalue weighted by Crippen LogP contribution is 2.06. The number of nitrogens with one attached hydrogen (secondary N) is 2. The molecule has 0 aliphatic rings. The van der Waals surface area contributed by atoms with E-state index in [2.05, 4.69) is 10.6 Å². The zero-order valence-electron chi connectivity index (χ0n) is 16.0. The number of thioether (sulfide) groups is 1. The number of carbonyl (C=O) groups excluding carboxylic acids is 4. The van der Waals surface area contributed by atoms with Gasteiger partial charge in [-0.2, -0.15) is 11.8 Å². The number of rotatable bonds is 16. The monoisotopic (exact) mass is 432 g/mol. The van der Waals surface area contributed by atoms with Crippen LogP contribution in [0.4, 0.5) is 0 Å². The van der Waals surface area contributed by atoms with Crippen molar-refractivity contribution in [1.82, 2.24) is 10.6 Å². The largest absolute Gasteiger partial charge is 0.481 e. The molecule has 29 heavy (non-hydrogen) atoms. The van der Waals surface area contributed by atoms with Crippen molar-refractivity contribution in [1.29, 1.82) is 0 Å². The lowest BCUT2D eigenvalue weighted by atomic mass is 10.0. The Balaban J connectivity index is 5.18. The highest BCUT2D eigenvalue weighted by Gasteiger charge is 2.28. The molecule has 12 heteroatoms. The minimum atomic E-state index is -1.29. The van der Waals surface area contributed by atoms with Crippen LogP contribution in [0.5, 0.6) is 0 Å². The van der Waals surface area contributed by atoms with E-state index in [-0.39, 0.29) is 25.7 Å². The van der Waals surface area contributed by atoms with E-state index in [1.807, 2.05) is 0 Å². The number of nitrogens with two attached hydrogens (primary N) is 1. The van der Waals surface area contributed by atoms with Gasteiger partial charge in [0, 0.05) is 12.8 Å². The third-order valence-electron chi connectivity index (χ3n) is 3.85. The van der Waals surface area contributed by atoms with Crippen LogP contribution in [0.3, 0.4) is 0 Å². The first kappa shape index (κ1) is 26.5. The molecule has 0 bridgehead atoms. The van der Waals surface area contributed by atoms with Crippen LogP contribution in [0.2, 0.25) is 0 Å². The van der Waals surface area contributed by atoms with Crippen LogP contribution in [-0.2, 0) is 28.8 Å². The standard InChI is InChI=1S/C17H26N3O8S/c1-29-9-7-11(13(22)6-8-21)19-17(28)12(3-5-15(25)26)20-16(27)10(18)2-4-14(23)24/h10-12H,2-7,9,18H2,1H3,(H,19,28)(H,20,27)(H,23,24)(H,25,26)/t10-,11-,12-/m0/s1. The highest BCUT2D eigenvalue weighted by atomic mass is 32.2. The van der Waals surface area contributed by atoms with Crippen molar-refractivity contribution in [3.05, 3.63) is 0 Å². The number of amides is 2. The van der Waals surface area contributed by atoms with Gasteiger partial charge in [0.2, 0.25) is 18.1 Å². The Morgan fingerprint density at radius 2 is 1.48 bits per heavy atom. The van der Waals surface area contributed by atoms with E-state index >= 15 is 0 Å². The summed E-state index contributed by atoms with van der Waals surface area (Å²) in [5, 5.41) is 22.2. The first-order chi connectivity index (χ1) is 13.6. The molecule has 0 fully saturated rings. The molecule has 0 aliphatic carbocycles. The Bertz CT molecular complexity index is 613. The van der Waals surface area contributed by atoms with Crippen LogP contribution in [0.15, 0.2) is 0 Å². The average Bonchev–Trinajstić information content (AvgIpc) is 2.65. The first-order valence-electron chi connectivity index (χ1n) is 8.78. The summed E-state index contributed by atoms with van der Waals surface area (Å²) in [5.41, 5.74) is 5.60. The molecule has 0 aromatic carbocycles. The Hall–Kier alpha value is -2.47. The smallest absolute Gasteiger partial charge is 0.303 e. The van der Waals surface area contributed by atoms with Gasteiger partial charge in [0.15, 0.2) is 5.78 Å². The van der Waals surface area contributed by atoms with Gasteiger partial charge in [0.1, 0.15) is 6.04 Å². The molecule has 0 heterocycles. The second-order valence-corrected chi connectivity index (χ2v) is 7.15. The average molecular weight is 432 g/mol. The van der Waals surface area contributed by atoms with Gasteiger partial charge >= 0.3 is 11.9 Å². The number of hydrogen-bond donors (Lipinski definition) is 5. The SMILES string of the molecule is CSCC[C@H](NC(=O)[C@H](CCC(=O)O)NC(=O)[C@@H](N)CCC(=O)O)C(=O)C[C]=O. The van der Waals surface area contributed by atoms with E-state index in [1.54, 1.807) is 6.26 Å². The summed E-state index contributed by atoms with van der Waals surface area (Å²) in [6, 6.07) is -3.48. The third-order valence-corrected chi connectivity index (χ3v) is 4.49. The van der Waals surface area contributed by atoms with Gasteiger partial charge in [-0.05, 0) is 31.3 Å². The Morgan fingerprint density at radius 3 is 2.00 bits per heavy atom. The summed E-state index contributed by atoms with van der Waals surface area (Å²) < 4.78 is 0. The number of Topliss-reactive ketones (excluding diaryl/α,β-unsaturated/α-hetero) is 1. The Labute approximate surface area is 172 Å². The van der Waals surface area contributed by atoms with Gasteiger partial charge in [-0.25, -0.2) is 0 Å². The number of aliphatic carboxylic acids is 2. The lowest BCUT2D eigenvalue weighted by Gasteiger charge is -2.23. The van der Waals surface area contributed by atoms with Crippen LogP contribution in [0.25, 0.3) is 0 Å². The minimum Gasteiger partial charge on any atom is -0.481 e. The molecule has 0 aromatic heterocycles. The second kappa shape index (κ2) is 14.5. The molecular weight excluding hydrogens is 406 g/mol. The molecule has 0 rings (SSSR count). The van der Waals surface area contributed by atoms with Crippen LogP contribution >= 0.6 is 11.8 Å². The molecule has 2 amide bonds. The summed E-state index contributed by atoms with van der Waals surface area (Å²) >= 11 is 1.42. The predicted molar refractivity (Wildman–Crippen MR) is 104 cm³/mol. The summed E-state index contributed by atoms with van der Waals surface area (Å²) in [6.45, 7) is 0. The van der Waals surface area contributed by atoms with Crippen molar-refractivity contribution < 1.29 is 39.0 Å². The summed E-state index contributed by atoms with van der Waals surface area (Å²) in [4.78, 5) is 68.6. The maximum absolute atomic E-state index is 12.6. The summed E-state index contributed by atoms with van der Waals surface area (Å²) in [7, 11) is 0. The highest BCUT2D eigenvalue weighted by molar-refractivity contribution is 7.98. The molecule has 0 unspecified atom stereocenters. The zero-order valence-corrected chi connectivity index (χ0v) is 16.8. The zero-order chi connectivity index (χ0) is 22.4. The van der Waals surface area contributed by atoms with Gasteiger partial charge in [0.05, 0.1) is 18.5 Å². The molecule has 0 saturated carbocycles. The van der Waals surface area contributed by atoms with E-state index in [9.17, 15) is 28.8 Å². The van der Waals surface area contributed by atoms with E-state index in [4.69, 9.17) is 15.9 Å². The van der Waals surface area contributed by atoms with Crippen molar-refractivity contribution in [3.8, 4) is 0 Å². The molecule has 0 saturated heterocycles. The van der Waals surface area contributed by atoms with Crippen molar-refractivity contribution in [2.45, 2.75) is 56.7 Å². The Morgan fingerprint density at radius 1 is 0.931 bits per heavy atom. The molecule has 1 radical (unpaired) electrons. The molecule has 11 nitrogen and oxygen atoms in total. The maximum Gasteiger partial charge on any atom is 0.303 e. The van der Waals surface area contributed by atoms with Gasteiger partial charge in [-0.1, -0.05) is 0 Å². The molecular formula is C17H26N3O8S. The predicted octanol–water partition coefficient (Wildman–Crippen LogP) is -1.17. The first-order valence-corrected chi connectivity index (χ1v) is 10.2. The summed E-state index contributed by atoms with van der Waals surface area (Å²) in [5.74, 6) is -3.99. The van der Waals surface area contributed by atoms with E-state index in [0.717, 1.165) is 0 Å². The normalized spacial score (nSPS) is 13.6. The maximum atomic E-state index is 12.6. The molecule has 0 spiro atoms. The van der Waals surface area contributed by atoms with Crippen molar-refractivity contribution in [3.63, 3.8) is 0 Å². The van der Waals surface area contributed by atoms with Crippen LogP contribution in [0, 0.1) is 0 Å². The molecule has 0 aliphatic heterocycles. The van der Waals surface area contributed by atoms with E-state index in [1.165, 1.54) is 18.0 Å². The fourth-order valence-electron chi connectivity index (χ4n) is 2.24. The third kappa shape index (κ3) is 11.9. The lowest BCUT2D eigenvalue weighted by molar-refractivity contribution is -0.139. The number of ketones is 1. The van der Waals surface area contributed by atoms with Gasteiger partial charge in [-0.15, -0.1) is 0 Å². The van der Waals surface area contributed by atoms with Crippen LogP contribution in [0.1, 0.15) is 38.5 Å². The van der Waals surface area contributed by atoms with E-state index in [0.29, 0.717) is 5.75 Å². The van der Waals surface area contributed by atoms with Gasteiger partial charge < -0.3 is 26.6 Å². The van der Waals surface area contributed by atoms with Crippen molar-refractivity contribution in [2.75, 3.05) is 12.0 Å².